The molecule has 0 aromatic heterocycles. The van der Waals surface area contributed by atoms with Crippen LogP contribution in [0.25, 0.3) is 0 Å². The van der Waals surface area contributed by atoms with E-state index in [1.54, 1.807) is 6.08 Å². The van der Waals surface area contributed by atoms with Gasteiger partial charge in [-0.15, -0.1) is 6.58 Å². The predicted molar refractivity (Wildman–Crippen MR) is 61.7 cm³/mol. The highest BCUT2D eigenvalue weighted by Gasteiger charge is 2.73. The average Bonchev–Trinajstić information content (AvgIpc) is 2.93. The van der Waals surface area contributed by atoms with Crippen molar-refractivity contribution in [2.24, 2.45) is 29.1 Å². The fourth-order valence-electron chi connectivity index (χ4n) is 4.45. The molecule has 1 spiro atoms. The maximum absolute atomic E-state index is 12.3. The van der Waals surface area contributed by atoms with Gasteiger partial charge in [0.1, 0.15) is 0 Å². The molecular formula is C14H15NO2. The molecule has 4 rings (SSSR count). The van der Waals surface area contributed by atoms with Crippen LogP contribution in [0.15, 0.2) is 24.8 Å². The van der Waals surface area contributed by atoms with E-state index in [2.05, 4.69) is 18.7 Å². The number of nitrogens with zero attached hydrogens (tertiary/aromatic N) is 1. The molecule has 2 saturated carbocycles. The van der Waals surface area contributed by atoms with Gasteiger partial charge in [0, 0.05) is 6.54 Å². The molecule has 3 nitrogen and oxygen atoms in total. The van der Waals surface area contributed by atoms with Crippen molar-refractivity contribution < 1.29 is 9.59 Å². The molecule has 3 aliphatic carbocycles. The Bertz CT molecular complexity index is 441. The minimum Gasteiger partial charge on any atom is -0.278 e. The van der Waals surface area contributed by atoms with Crippen molar-refractivity contribution in [3.63, 3.8) is 0 Å². The third kappa shape index (κ3) is 0.874. The summed E-state index contributed by atoms with van der Waals surface area (Å²) in [5.74, 6) is 0.651. The molecule has 1 aliphatic heterocycles. The SMILES string of the molecule is C=CCN1C(=O)C2C(C1=O)C1C=CC2C12CC2. The number of amides is 2. The summed E-state index contributed by atoms with van der Waals surface area (Å²) in [7, 11) is 0. The molecule has 0 N–H and O–H groups in total. The second-order valence-electron chi connectivity index (χ2n) is 5.80. The second kappa shape index (κ2) is 2.71. The van der Waals surface area contributed by atoms with Crippen molar-refractivity contribution in [2.45, 2.75) is 12.8 Å². The lowest BCUT2D eigenvalue weighted by molar-refractivity contribution is -0.140. The molecular weight excluding hydrogens is 214 g/mol. The van der Waals surface area contributed by atoms with Crippen molar-refractivity contribution in [1.29, 1.82) is 0 Å². The van der Waals surface area contributed by atoms with Gasteiger partial charge >= 0.3 is 0 Å². The monoisotopic (exact) mass is 229 g/mol. The highest BCUT2D eigenvalue weighted by Crippen LogP contribution is 2.73. The first-order valence-corrected chi connectivity index (χ1v) is 6.35. The highest BCUT2D eigenvalue weighted by molar-refractivity contribution is 6.06. The Labute approximate surface area is 100 Å². The maximum atomic E-state index is 12.3. The molecule has 3 heteroatoms. The van der Waals surface area contributed by atoms with E-state index >= 15 is 0 Å². The molecule has 0 aromatic rings. The third-order valence-electron chi connectivity index (χ3n) is 5.26. The number of carbonyl (C=O) groups excluding carboxylic acids is 2. The Morgan fingerprint density at radius 1 is 1.24 bits per heavy atom. The van der Waals surface area contributed by atoms with Gasteiger partial charge in [-0.25, -0.2) is 0 Å². The smallest absolute Gasteiger partial charge is 0.234 e. The van der Waals surface area contributed by atoms with Crippen LogP contribution in [0.1, 0.15) is 12.8 Å². The van der Waals surface area contributed by atoms with E-state index < -0.39 is 0 Å². The molecule has 0 aromatic carbocycles. The van der Waals surface area contributed by atoms with E-state index in [1.165, 1.54) is 17.7 Å². The molecule has 88 valence electrons. The normalized spacial score (nSPS) is 43.6. The van der Waals surface area contributed by atoms with Gasteiger partial charge in [0.25, 0.3) is 0 Å². The standard InChI is InChI=1S/C14H15NO2/c1-2-7-15-12(16)10-8-3-4-9(11(10)13(15)17)14(8)5-6-14/h2-4,8-11H,1,5-7H2. The van der Waals surface area contributed by atoms with Crippen molar-refractivity contribution in [3.8, 4) is 0 Å². The van der Waals surface area contributed by atoms with Gasteiger partial charge in [0.2, 0.25) is 11.8 Å². The van der Waals surface area contributed by atoms with E-state index in [0.717, 1.165) is 0 Å². The number of rotatable bonds is 2. The Kier molecular flexibility index (Phi) is 1.54. The summed E-state index contributed by atoms with van der Waals surface area (Å²) < 4.78 is 0. The van der Waals surface area contributed by atoms with Crippen LogP contribution < -0.4 is 0 Å². The minimum absolute atomic E-state index is 0.0445. The number of imide groups is 1. The van der Waals surface area contributed by atoms with Crippen LogP contribution in [0, 0.1) is 29.1 Å². The first kappa shape index (κ1) is 9.63. The van der Waals surface area contributed by atoms with Gasteiger partial charge < -0.3 is 0 Å². The minimum atomic E-state index is -0.0556. The average molecular weight is 229 g/mol. The molecule has 1 saturated heterocycles. The summed E-state index contributed by atoms with van der Waals surface area (Å²) in [5, 5.41) is 0. The molecule has 2 amide bonds. The summed E-state index contributed by atoms with van der Waals surface area (Å²) in [6.45, 7) is 3.99. The summed E-state index contributed by atoms with van der Waals surface area (Å²) >= 11 is 0. The molecule has 4 unspecified atom stereocenters. The first-order valence-electron chi connectivity index (χ1n) is 6.35. The molecule has 4 aliphatic rings. The lowest BCUT2D eigenvalue weighted by Crippen LogP contribution is -2.34. The Balaban J connectivity index is 1.76. The fourth-order valence-corrected chi connectivity index (χ4v) is 4.45. The second-order valence-corrected chi connectivity index (χ2v) is 5.80. The zero-order chi connectivity index (χ0) is 11.8. The molecule has 1 heterocycles. The van der Waals surface area contributed by atoms with Crippen molar-refractivity contribution in [3.05, 3.63) is 24.8 Å². The van der Waals surface area contributed by atoms with Gasteiger partial charge in [-0.05, 0) is 30.1 Å². The van der Waals surface area contributed by atoms with Crippen LogP contribution in [0.3, 0.4) is 0 Å². The summed E-state index contributed by atoms with van der Waals surface area (Å²) in [4.78, 5) is 26.0. The lowest BCUT2D eigenvalue weighted by Gasteiger charge is -2.20. The quantitative estimate of drug-likeness (QED) is 0.530. The Hall–Kier alpha value is -1.38. The number of hydrogen-bond donors (Lipinski definition) is 0. The zero-order valence-electron chi connectivity index (χ0n) is 9.63. The summed E-state index contributed by atoms with van der Waals surface area (Å²) in [5.41, 5.74) is 0.306. The van der Waals surface area contributed by atoms with Crippen LogP contribution in [0.2, 0.25) is 0 Å². The van der Waals surface area contributed by atoms with Crippen LogP contribution in [0.4, 0.5) is 0 Å². The Morgan fingerprint density at radius 3 is 2.18 bits per heavy atom. The van der Waals surface area contributed by atoms with Crippen molar-refractivity contribution in [1.82, 2.24) is 4.90 Å². The van der Waals surface area contributed by atoms with Gasteiger partial charge in [-0.2, -0.15) is 0 Å². The van der Waals surface area contributed by atoms with E-state index in [-0.39, 0.29) is 23.7 Å². The van der Waals surface area contributed by atoms with Crippen LogP contribution in [-0.4, -0.2) is 23.3 Å². The Morgan fingerprint density at radius 2 is 1.76 bits per heavy atom. The highest BCUT2D eigenvalue weighted by atomic mass is 16.2. The van der Waals surface area contributed by atoms with Crippen molar-refractivity contribution in [2.75, 3.05) is 6.54 Å². The van der Waals surface area contributed by atoms with Crippen LogP contribution in [-0.2, 0) is 9.59 Å². The maximum Gasteiger partial charge on any atom is 0.234 e. The molecule has 0 radical (unpaired) electrons. The molecule has 17 heavy (non-hydrogen) atoms. The largest absolute Gasteiger partial charge is 0.278 e. The van der Waals surface area contributed by atoms with Crippen molar-refractivity contribution >= 4 is 11.8 Å². The number of allylic oxidation sites excluding steroid dienone is 2. The van der Waals surface area contributed by atoms with Crippen LogP contribution >= 0.6 is 0 Å². The van der Waals surface area contributed by atoms with E-state index in [9.17, 15) is 9.59 Å². The third-order valence-corrected chi connectivity index (χ3v) is 5.26. The fraction of sp³-hybridized carbons (Fsp3) is 0.571. The zero-order valence-corrected chi connectivity index (χ0v) is 9.63. The first-order chi connectivity index (χ1) is 8.20. The van der Waals surface area contributed by atoms with E-state index in [0.29, 0.717) is 23.8 Å². The van der Waals surface area contributed by atoms with Gasteiger partial charge in [-0.1, -0.05) is 18.2 Å². The van der Waals surface area contributed by atoms with Gasteiger partial charge in [-0.3, -0.25) is 14.5 Å². The predicted octanol–water partition coefficient (Wildman–Crippen LogP) is 1.37. The molecule has 3 fully saturated rings. The van der Waals surface area contributed by atoms with E-state index in [4.69, 9.17) is 0 Å². The topological polar surface area (TPSA) is 37.4 Å². The lowest BCUT2D eigenvalue weighted by atomic mass is 9.85. The van der Waals surface area contributed by atoms with E-state index in [1.807, 2.05) is 0 Å². The van der Waals surface area contributed by atoms with Gasteiger partial charge in [0.15, 0.2) is 0 Å². The van der Waals surface area contributed by atoms with Crippen LogP contribution in [0.5, 0.6) is 0 Å². The number of likely N-dealkylation sites (tertiary alicyclic amines) is 1. The summed E-state index contributed by atoms with van der Waals surface area (Å²) in [6, 6.07) is 0. The summed E-state index contributed by atoms with van der Waals surface area (Å²) in [6.07, 6.45) is 8.43. The molecule has 4 atom stereocenters. The number of carbonyl (C=O) groups is 2. The van der Waals surface area contributed by atoms with Gasteiger partial charge in [0.05, 0.1) is 11.8 Å². The number of fused-ring (bicyclic) bond motifs is 3. The number of hydrogen-bond acceptors (Lipinski definition) is 2. The molecule has 2 bridgehead atoms.